The molecule has 15 heavy (non-hydrogen) atoms. The fraction of sp³-hybridized carbons (Fsp3) is 0. The molecule has 0 radical (unpaired) electrons. The van der Waals surface area contributed by atoms with Crippen molar-refractivity contribution >= 4 is 5.69 Å². The lowest BCUT2D eigenvalue weighted by molar-refractivity contribution is 1.28. The smallest absolute Gasteiger partial charge is 0.0927 e. The fourth-order valence-corrected chi connectivity index (χ4v) is 1.05. The molecule has 0 saturated carbocycles. The van der Waals surface area contributed by atoms with Crippen LogP contribution in [0.5, 0.6) is 0 Å². The minimum absolute atomic E-state index is 0.899. The second kappa shape index (κ2) is 6.01. The van der Waals surface area contributed by atoms with E-state index in [2.05, 4.69) is 0 Å². The van der Waals surface area contributed by atoms with Crippen LogP contribution in [0, 0.1) is 22.7 Å². The van der Waals surface area contributed by atoms with Crippen molar-refractivity contribution in [2.24, 2.45) is 0 Å². The van der Waals surface area contributed by atoms with Crippen LogP contribution in [0.3, 0.4) is 0 Å². The van der Waals surface area contributed by atoms with E-state index in [1.807, 2.05) is 42.5 Å². The van der Waals surface area contributed by atoms with E-state index in [0.29, 0.717) is 0 Å². The van der Waals surface area contributed by atoms with Crippen molar-refractivity contribution in [3.8, 4) is 12.1 Å². The maximum absolute atomic E-state index is 8.43. The molecule has 0 unspecified atom stereocenters. The van der Waals surface area contributed by atoms with Crippen molar-refractivity contribution in [3.63, 3.8) is 0 Å². The number of rotatable bonds is 3. The maximum atomic E-state index is 8.43. The Morgan fingerprint density at radius 1 is 0.933 bits per heavy atom. The highest BCUT2D eigenvalue weighted by atomic mass is 15.1. The SMILES string of the molecule is N#C/C=C/N(/C=C/C#N)c1ccccc1. The van der Waals surface area contributed by atoms with Gasteiger partial charge in [-0.25, -0.2) is 0 Å². The van der Waals surface area contributed by atoms with Gasteiger partial charge < -0.3 is 4.90 Å². The van der Waals surface area contributed by atoms with Gasteiger partial charge in [-0.05, 0) is 12.1 Å². The minimum atomic E-state index is 0.899. The van der Waals surface area contributed by atoms with Crippen LogP contribution in [-0.2, 0) is 0 Å². The molecule has 1 rings (SSSR count). The van der Waals surface area contributed by atoms with Crippen molar-refractivity contribution in [2.45, 2.75) is 0 Å². The first-order valence-electron chi connectivity index (χ1n) is 4.34. The molecule has 0 bridgehead atoms. The predicted octanol–water partition coefficient (Wildman–Crippen LogP) is 2.57. The summed E-state index contributed by atoms with van der Waals surface area (Å²) in [6.07, 6.45) is 5.91. The van der Waals surface area contributed by atoms with Gasteiger partial charge in [-0.2, -0.15) is 10.5 Å². The number of nitriles is 2. The van der Waals surface area contributed by atoms with Gasteiger partial charge in [0.2, 0.25) is 0 Å². The quantitative estimate of drug-likeness (QED) is 0.696. The molecule has 0 aromatic heterocycles. The summed E-state index contributed by atoms with van der Waals surface area (Å²) in [7, 11) is 0. The van der Waals surface area contributed by atoms with Gasteiger partial charge in [0.25, 0.3) is 0 Å². The summed E-state index contributed by atoms with van der Waals surface area (Å²) in [6.45, 7) is 0. The van der Waals surface area contributed by atoms with Crippen LogP contribution in [-0.4, -0.2) is 0 Å². The molecule has 3 heteroatoms. The van der Waals surface area contributed by atoms with Gasteiger partial charge in [0.05, 0.1) is 12.1 Å². The van der Waals surface area contributed by atoms with E-state index in [4.69, 9.17) is 10.5 Å². The molecular formula is C12H9N3. The molecule has 0 atom stereocenters. The molecule has 3 nitrogen and oxygen atoms in total. The lowest BCUT2D eigenvalue weighted by Gasteiger charge is -2.13. The lowest BCUT2D eigenvalue weighted by Crippen LogP contribution is -2.05. The molecule has 0 saturated heterocycles. The van der Waals surface area contributed by atoms with E-state index in [-0.39, 0.29) is 0 Å². The third kappa shape index (κ3) is 3.38. The number of anilines is 1. The number of hydrogen-bond acceptors (Lipinski definition) is 3. The fourth-order valence-electron chi connectivity index (χ4n) is 1.05. The molecule has 1 aromatic carbocycles. The van der Waals surface area contributed by atoms with Gasteiger partial charge in [0, 0.05) is 30.2 Å². The molecule has 0 N–H and O–H groups in total. The van der Waals surface area contributed by atoms with E-state index in [9.17, 15) is 0 Å². The van der Waals surface area contributed by atoms with Crippen LogP contribution in [0.25, 0.3) is 0 Å². The molecule has 0 aliphatic rings. The van der Waals surface area contributed by atoms with Crippen LogP contribution in [0.2, 0.25) is 0 Å². The summed E-state index contributed by atoms with van der Waals surface area (Å²) in [5.74, 6) is 0. The first-order valence-corrected chi connectivity index (χ1v) is 4.34. The van der Waals surface area contributed by atoms with Crippen LogP contribution in [0.15, 0.2) is 54.9 Å². The first kappa shape index (κ1) is 10.6. The largest absolute Gasteiger partial charge is 0.322 e. The van der Waals surface area contributed by atoms with Crippen LogP contribution < -0.4 is 4.90 Å². The second-order valence-electron chi connectivity index (χ2n) is 2.63. The van der Waals surface area contributed by atoms with Gasteiger partial charge in [0.15, 0.2) is 0 Å². The minimum Gasteiger partial charge on any atom is -0.322 e. The average Bonchev–Trinajstić information content (AvgIpc) is 2.30. The molecule has 1 aromatic rings. The van der Waals surface area contributed by atoms with Gasteiger partial charge in [0.1, 0.15) is 0 Å². The number of nitrogens with zero attached hydrogens (tertiary/aromatic N) is 3. The average molecular weight is 195 g/mol. The standard InChI is InChI=1S/C12H9N3/c13-8-4-10-15(11-5-9-14)12-6-2-1-3-7-12/h1-7,10-11H/b10-4+,11-5+. The Bertz CT molecular complexity index is 408. The number of allylic oxidation sites excluding steroid dienone is 2. The van der Waals surface area contributed by atoms with Gasteiger partial charge in [-0.15, -0.1) is 0 Å². The predicted molar refractivity (Wildman–Crippen MR) is 58.4 cm³/mol. The highest BCUT2D eigenvalue weighted by molar-refractivity contribution is 5.52. The Balaban J connectivity index is 2.93. The summed E-state index contributed by atoms with van der Waals surface area (Å²) in [6, 6.07) is 13.3. The maximum Gasteiger partial charge on any atom is 0.0927 e. The number of para-hydroxylation sites is 1. The Morgan fingerprint density at radius 3 is 1.93 bits per heavy atom. The van der Waals surface area contributed by atoms with Crippen LogP contribution in [0.4, 0.5) is 5.69 Å². The Hall–Kier alpha value is -2.52. The summed E-state index contributed by atoms with van der Waals surface area (Å²) >= 11 is 0. The van der Waals surface area contributed by atoms with Gasteiger partial charge in [-0.1, -0.05) is 18.2 Å². The van der Waals surface area contributed by atoms with Gasteiger partial charge >= 0.3 is 0 Å². The molecule has 0 heterocycles. The summed E-state index contributed by atoms with van der Waals surface area (Å²) < 4.78 is 0. The third-order valence-electron chi connectivity index (χ3n) is 1.67. The Kier molecular flexibility index (Phi) is 4.23. The Labute approximate surface area is 88.8 Å². The van der Waals surface area contributed by atoms with E-state index < -0.39 is 0 Å². The van der Waals surface area contributed by atoms with Crippen molar-refractivity contribution in [1.29, 1.82) is 10.5 Å². The summed E-state index contributed by atoms with van der Waals surface area (Å²) in [5, 5.41) is 16.9. The zero-order valence-corrected chi connectivity index (χ0v) is 8.04. The number of hydrogen-bond donors (Lipinski definition) is 0. The van der Waals surface area contributed by atoms with Crippen molar-refractivity contribution in [1.82, 2.24) is 0 Å². The summed E-state index contributed by atoms with van der Waals surface area (Å²) in [4.78, 5) is 1.70. The molecular weight excluding hydrogens is 186 g/mol. The Morgan fingerprint density at radius 2 is 1.47 bits per heavy atom. The summed E-state index contributed by atoms with van der Waals surface area (Å²) in [5.41, 5.74) is 0.899. The topological polar surface area (TPSA) is 50.8 Å². The monoisotopic (exact) mass is 195 g/mol. The zero-order valence-electron chi connectivity index (χ0n) is 8.04. The number of benzene rings is 1. The molecule has 0 aliphatic heterocycles. The van der Waals surface area contributed by atoms with Gasteiger partial charge in [-0.3, -0.25) is 0 Å². The molecule has 0 aliphatic carbocycles. The normalized spacial score (nSPS) is 10.0. The highest BCUT2D eigenvalue weighted by Crippen LogP contribution is 2.13. The second-order valence-corrected chi connectivity index (χ2v) is 2.63. The van der Waals surface area contributed by atoms with Crippen molar-refractivity contribution < 1.29 is 0 Å². The zero-order chi connectivity index (χ0) is 10.9. The molecule has 0 fully saturated rings. The molecule has 72 valence electrons. The van der Waals surface area contributed by atoms with Crippen molar-refractivity contribution in [2.75, 3.05) is 4.90 Å². The third-order valence-corrected chi connectivity index (χ3v) is 1.67. The van der Waals surface area contributed by atoms with E-state index in [0.717, 1.165) is 5.69 Å². The van der Waals surface area contributed by atoms with Crippen molar-refractivity contribution in [3.05, 3.63) is 54.9 Å². The lowest BCUT2D eigenvalue weighted by atomic mass is 10.3. The molecule has 0 spiro atoms. The van der Waals surface area contributed by atoms with E-state index in [1.165, 1.54) is 12.2 Å². The van der Waals surface area contributed by atoms with Crippen LogP contribution in [0.1, 0.15) is 0 Å². The van der Waals surface area contributed by atoms with E-state index in [1.54, 1.807) is 17.3 Å². The van der Waals surface area contributed by atoms with Crippen LogP contribution >= 0.6 is 0 Å². The molecule has 0 amide bonds. The van der Waals surface area contributed by atoms with E-state index >= 15 is 0 Å². The highest BCUT2D eigenvalue weighted by Gasteiger charge is 1.96. The first-order chi connectivity index (χ1) is 7.38.